The zero-order valence-electron chi connectivity index (χ0n) is 11.0. The van der Waals surface area contributed by atoms with Gasteiger partial charge in [-0.05, 0) is 32.6 Å². The number of piperidine rings is 2. The highest BCUT2D eigenvalue weighted by atomic mass is 16.2. The highest BCUT2D eigenvalue weighted by Gasteiger charge is 2.35. The molecule has 3 atom stereocenters. The van der Waals surface area contributed by atoms with E-state index < -0.39 is 0 Å². The molecule has 0 saturated carbocycles. The Morgan fingerprint density at radius 1 is 1.44 bits per heavy atom. The highest BCUT2D eigenvalue weighted by Crippen LogP contribution is 2.26. The van der Waals surface area contributed by atoms with E-state index in [9.17, 15) is 9.59 Å². The van der Waals surface area contributed by atoms with Crippen LogP contribution in [0.2, 0.25) is 0 Å². The summed E-state index contributed by atoms with van der Waals surface area (Å²) in [7, 11) is 0. The number of hydrogen-bond donors (Lipinski definition) is 2. The third-order valence-corrected chi connectivity index (χ3v) is 4.17. The van der Waals surface area contributed by atoms with E-state index in [0.717, 1.165) is 19.3 Å². The molecule has 0 aromatic carbocycles. The molecule has 3 unspecified atom stereocenters. The number of carbonyl (C=O) groups is 2. The summed E-state index contributed by atoms with van der Waals surface area (Å²) in [5.74, 6) is 0.177. The van der Waals surface area contributed by atoms with Crippen molar-refractivity contribution in [2.75, 3.05) is 13.1 Å². The molecule has 0 radical (unpaired) electrons. The second kappa shape index (κ2) is 5.69. The van der Waals surface area contributed by atoms with Crippen LogP contribution in [0, 0.1) is 5.92 Å². The standard InChI is InChI=1S/C13H23N3O2/c1-9-3-2-4-11(7-14)16(9)13(18)10-5-6-12(17)15-8-10/h9-11H,2-8,14H2,1H3,(H,15,17). The van der Waals surface area contributed by atoms with Crippen molar-refractivity contribution in [2.24, 2.45) is 11.7 Å². The predicted octanol–water partition coefficient (Wildman–Crippen LogP) is 0.241. The number of nitrogens with two attached hydrogens (primary N) is 1. The largest absolute Gasteiger partial charge is 0.355 e. The summed E-state index contributed by atoms with van der Waals surface area (Å²) in [4.78, 5) is 25.7. The van der Waals surface area contributed by atoms with Crippen LogP contribution in [0.4, 0.5) is 0 Å². The number of likely N-dealkylation sites (tertiary alicyclic amines) is 1. The fourth-order valence-corrected chi connectivity index (χ4v) is 3.07. The van der Waals surface area contributed by atoms with Crippen LogP contribution in [0.25, 0.3) is 0 Å². The first-order valence-electron chi connectivity index (χ1n) is 6.92. The number of carbonyl (C=O) groups excluding carboxylic acids is 2. The predicted molar refractivity (Wildman–Crippen MR) is 68.7 cm³/mol. The zero-order chi connectivity index (χ0) is 13.1. The molecular formula is C13H23N3O2. The first-order valence-corrected chi connectivity index (χ1v) is 6.92. The lowest BCUT2D eigenvalue weighted by Gasteiger charge is -2.42. The number of nitrogens with zero attached hydrogens (tertiary/aromatic N) is 1. The van der Waals surface area contributed by atoms with Crippen molar-refractivity contribution in [1.29, 1.82) is 0 Å². The molecule has 2 rings (SSSR count). The lowest BCUT2D eigenvalue weighted by molar-refractivity contribution is -0.143. The normalized spacial score (nSPS) is 33.1. The summed E-state index contributed by atoms with van der Waals surface area (Å²) in [6.45, 7) is 3.12. The number of rotatable bonds is 2. The van der Waals surface area contributed by atoms with Crippen molar-refractivity contribution < 1.29 is 9.59 Å². The van der Waals surface area contributed by atoms with Gasteiger partial charge in [0, 0.05) is 31.6 Å². The van der Waals surface area contributed by atoms with Gasteiger partial charge in [0.25, 0.3) is 0 Å². The average molecular weight is 253 g/mol. The molecule has 2 amide bonds. The molecule has 0 aliphatic carbocycles. The molecular weight excluding hydrogens is 230 g/mol. The van der Waals surface area contributed by atoms with E-state index in [-0.39, 0.29) is 29.8 Å². The van der Waals surface area contributed by atoms with Crippen molar-refractivity contribution in [3.05, 3.63) is 0 Å². The minimum Gasteiger partial charge on any atom is -0.355 e. The van der Waals surface area contributed by atoms with Gasteiger partial charge >= 0.3 is 0 Å². The van der Waals surface area contributed by atoms with Gasteiger partial charge in [-0.25, -0.2) is 0 Å². The first kappa shape index (κ1) is 13.3. The van der Waals surface area contributed by atoms with E-state index in [1.54, 1.807) is 0 Å². The van der Waals surface area contributed by atoms with Crippen LogP contribution >= 0.6 is 0 Å². The van der Waals surface area contributed by atoms with E-state index in [4.69, 9.17) is 5.73 Å². The molecule has 2 saturated heterocycles. The lowest BCUT2D eigenvalue weighted by atomic mass is 9.91. The fourth-order valence-electron chi connectivity index (χ4n) is 3.07. The maximum Gasteiger partial charge on any atom is 0.228 e. The van der Waals surface area contributed by atoms with Crippen molar-refractivity contribution >= 4 is 11.8 Å². The molecule has 0 spiro atoms. The Bertz CT molecular complexity index is 322. The summed E-state index contributed by atoms with van der Waals surface area (Å²) < 4.78 is 0. The van der Waals surface area contributed by atoms with Gasteiger partial charge in [-0.2, -0.15) is 0 Å². The summed E-state index contributed by atoms with van der Waals surface area (Å²) in [5, 5.41) is 2.78. The second-order valence-electron chi connectivity index (χ2n) is 5.45. The lowest BCUT2D eigenvalue weighted by Crippen LogP contribution is -2.55. The van der Waals surface area contributed by atoms with Gasteiger partial charge in [0.15, 0.2) is 0 Å². The zero-order valence-corrected chi connectivity index (χ0v) is 11.0. The summed E-state index contributed by atoms with van der Waals surface area (Å²) in [5.41, 5.74) is 5.78. The van der Waals surface area contributed by atoms with Gasteiger partial charge in [-0.1, -0.05) is 0 Å². The van der Waals surface area contributed by atoms with Crippen molar-refractivity contribution in [3.8, 4) is 0 Å². The molecule has 2 aliphatic heterocycles. The SMILES string of the molecule is CC1CCCC(CN)N1C(=O)C1CCC(=O)NC1. The fraction of sp³-hybridized carbons (Fsp3) is 0.846. The van der Waals surface area contributed by atoms with Gasteiger partial charge in [-0.3, -0.25) is 9.59 Å². The molecule has 2 fully saturated rings. The molecule has 0 bridgehead atoms. The van der Waals surface area contributed by atoms with Crippen molar-refractivity contribution in [2.45, 2.75) is 51.1 Å². The van der Waals surface area contributed by atoms with Gasteiger partial charge in [0.1, 0.15) is 0 Å². The van der Waals surface area contributed by atoms with E-state index in [1.165, 1.54) is 0 Å². The minimum absolute atomic E-state index is 0.0566. The van der Waals surface area contributed by atoms with Crippen molar-refractivity contribution in [3.63, 3.8) is 0 Å². The Kier molecular flexibility index (Phi) is 4.22. The second-order valence-corrected chi connectivity index (χ2v) is 5.45. The summed E-state index contributed by atoms with van der Waals surface area (Å²) in [6, 6.07) is 0.455. The third kappa shape index (κ3) is 2.66. The smallest absolute Gasteiger partial charge is 0.228 e. The number of nitrogens with one attached hydrogen (secondary N) is 1. The van der Waals surface area contributed by atoms with E-state index >= 15 is 0 Å². The first-order chi connectivity index (χ1) is 8.63. The molecule has 5 nitrogen and oxygen atoms in total. The maximum atomic E-state index is 12.6. The Morgan fingerprint density at radius 2 is 2.22 bits per heavy atom. The quantitative estimate of drug-likeness (QED) is 0.740. The molecule has 3 N–H and O–H groups in total. The molecule has 18 heavy (non-hydrogen) atoms. The molecule has 102 valence electrons. The minimum atomic E-state index is -0.0581. The molecule has 5 heteroatoms. The molecule has 2 heterocycles. The highest BCUT2D eigenvalue weighted by molar-refractivity contribution is 5.84. The maximum absolute atomic E-state index is 12.6. The average Bonchev–Trinajstić information content (AvgIpc) is 2.38. The summed E-state index contributed by atoms with van der Waals surface area (Å²) >= 11 is 0. The van der Waals surface area contributed by atoms with Gasteiger partial charge in [-0.15, -0.1) is 0 Å². The number of hydrogen-bond acceptors (Lipinski definition) is 3. The van der Waals surface area contributed by atoms with Gasteiger partial charge in [0.2, 0.25) is 11.8 Å². The monoisotopic (exact) mass is 253 g/mol. The van der Waals surface area contributed by atoms with Gasteiger partial charge in [0.05, 0.1) is 5.92 Å². The molecule has 0 aromatic rings. The van der Waals surface area contributed by atoms with Crippen LogP contribution in [0.15, 0.2) is 0 Å². The Morgan fingerprint density at radius 3 is 2.83 bits per heavy atom. The molecule has 2 aliphatic rings. The van der Waals surface area contributed by atoms with Crippen LogP contribution in [0.3, 0.4) is 0 Å². The van der Waals surface area contributed by atoms with E-state index in [0.29, 0.717) is 25.9 Å². The van der Waals surface area contributed by atoms with E-state index in [2.05, 4.69) is 12.2 Å². The van der Waals surface area contributed by atoms with Crippen LogP contribution in [-0.4, -0.2) is 41.9 Å². The molecule has 0 aromatic heterocycles. The Hall–Kier alpha value is -1.10. The van der Waals surface area contributed by atoms with Crippen LogP contribution < -0.4 is 11.1 Å². The number of amides is 2. The van der Waals surface area contributed by atoms with Crippen LogP contribution in [-0.2, 0) is 9.59 Å². The van der Waals surface area contributed by atoms with Crippen LogP contribution in [0.5, 0.6) is 0 Å². The van der Waals surface area contributed by atoms with Crippen LogP contribution in [0.1, 0.15) is 39.0 Å². The Balaban J connectivity index is 2.03. The summed E-state index contributed by atoms with van der Waals surface area (Å²) in [6.07, 6.45) is 4.35. The topological polar surface area (TPSA) is 75.4 Å². The van der Waals surface area contributed by atoms with Gasteiger partial charge < -0.3 is 16.0 Å². The third-order valence-electron chi connectivity index (χ3n) is 4.17. The Labute approximate surface area is 108 Å². The van der Waals surface area contributed by atoms with Crippen molar-refractivity contribution in [1.82, 2.24) is 10.2 Å². The van der Waals surface area contributed by atoms with E-state index in [1.807, 2.05) is 4.90 Å².